The first-order chi connectivity index (χ1) is 15.6. The third-order valence-electron chi connectivity index (χ3n) is 6.04. The van der Waals surface area contributed by atoms with Crippen molar-refractivity contribution in [3.05, 3.63) is 59.9 Å². The lowest BCUT2D eigenvalue weighted by atomic mass is 9.94. The minimum Gasteiger partial charge on any atom is -0.369 e. The molecule has 0 bridgehead atoms. The van der Waals surface area contributed by atoms with Crippen LogP contribution in [0.2, 0.25) is 0 Å². The molecule has 0 unspecified atom stereocenters. The molecule has 1 fully saturated rings. The Balaban J connectivity index is 1.36. The van der Waals surface area contributed by atoms with Crippen LogP contribution in [-0.2, 0) is 13.1 Å². The molecule has 2 aromatic carbocycles. The van der Waals surface area contributed by atoms with Gasteiger partial charge in [0.25, 0.3) is 0 Å². The van der Waals surface area contributed by atoms with Gasteiger partial charge in [0.2, 0.25) is 0 Å². The highest BCUT2D eigenvalue weighted by Crippen LogP contribution is 2.21. The summed E-state index contributed by atoms with van der Waals surface area (Å²) in [5.41, 5.74) is 3.76. The van der Waals surface area contributed by atoms with Crippen LogP contribution < -0.4 is 10.8 Å². The van der Waals surface area contributed by atoms with Crippen LogP contribution in [0, 0.1) is 0 Å². The van der Waals surface area contributed by atoms with Gasteiger partial charge in [0, 0.05) is 44.7 Å². The molecular formula is C25H35BN6. The zero-order valence-electron chi connectivity index (χ0n) is 19.7. The van der Waals surface area contributed by atoms with Crippen molar-refractivity contribution in [3.8, 4) is 0 Å². The van der Waals surface area contributed by atoms with Crippen LogP contribution in [0.1, 0.15) is 17.8 Å². The van der Waals surface area contributed by atoms with Crippen molar-refractivity contribution < 1.29 is 0 Å². The predicted molar refractivity (Wildman–Crippen MR) is 136 cm³/mol. The molecule has 32 heavy (non-hydrogen) atoms. The Kier molecular flexibility index (Phi) is 7.74. The first-order valence-electron chi connectivity index (χ1n) is 11.7. The lowest BCUT2D eigenvalue weighted by Crippen LogP contribution is -2.45. The SMILES string of the molecule is Bc1cccc(CN2CCN(Cc3nc(NCCCN(C)C)c4ccccc4n3)CC2)c1. The molecule has 1 aliphatic rings. The molecule has 0 atom stereocenters. The molecule has 1 N–H and O–H groups in total. The second kappa shape index (κ2) is 10.9. The third kappa shape index (κ3) is 6.28. The van der Waals surface area contributed by atoms with Crippen LogP contribution in [0.4, 0.5) is 5.82 Å². The molecule has 1 aliphatic heterocycles. The van der Waals surface area contributed by atoms with Gasteiger partial charge in [-0.1, -0.05) is 41.9 Å². The second-order valence-electron chi connectivity index (χ2n) is 9.13. The fraction of sp³-hybridized carbons (Fsp3) is 0.440. The van der Waals surface area contributed by atoms with Crippen molar-refractivity contribution in [2.24, 2.45) is 0 Å². The normalized spacial score (nSPS) is 15.5. The van der Waals surface area contributed by atoms with E-state index in [0.29, 0.717) is 0 Å². The van der Waals surface area contributed by atoms with E-state index in [2.05, 4.69) is 90.5 Å². The molecule has 3 aromatic rings. The Morgan fingerprint density at radius 2 is 1.69 bits per heavy atom. The highest BCUT2D eigenvalue weighted by Gasteiger charge is 2.19. The van der Waals surface area contributed by atoms with Crippen LogP contribution >= 0.6 is 0 Å². The molecule has 4 rings (SSSR count). The van der Waals surface area contributed by atoms with E-state index in [1.165, 1.54) is 11.0 Å². The molecule has 1 aromatic heterocycles. The number of nitrogens with zero attached hydrogens (tertiary/aromatic N) is 5. The summed E-state index contributed by atoms with van der Waals surface area (Å²) in [4.78, 5) is 17.0. The van der Waals surface area contributed by atoms with Gasteiger partial charge in [-0.05, 0) is 44.8 Å². The number of fused-ring (bicyclic) bond motifs is 1. The molecule has 2 heterocycles. The Labute approximate surface area is 193 Å². The molecule has 0 saturated carbocycles. The van der Waals surface area contributed by atoms with E-state index in [9.17, 15) is 0 Å². The number of aromatic nitrogens is 2. The number of benzene rings is 2. The highest BCUT2D eigenvalue weighted by molar-refractivity contribution is 6.32. The van der Waals surface area contributed by atoms with Gasteiger partial charge in [-0.3, -0.25) is 9.80 Å². The number of hydrogen-bond acceptors (Lipinski definition) is 6. The predicted octanol–water partition coefficient (Wildman–Crippen LogP) is 1.57. The van der Waals surface area contributed by atoms with E-state index in [0.717, 1.165) is 81.3 Å². The maximum atomic E-state index is 4.92. The van der Waals surface area contributed by atoms with Gasteiger partial charge in [0.1, 0.15) is 19.5 Å². The van der Waals surface area contributed by atoms with Gasteiger partial charge < -0.3 is 10.2 Å². The van der Waals surface area contributed by atoms with Crippen LogP contribution in [0.25, 0.3) is 10.9 Å². The standard InChI is InChI=1S/C25H35BN6/c1-30(2)12-6-11-27-25-22-9-3-4-10-23(22)28-24(29-25)19-32-15-13-31(14-16-32)18-20-7-5-8-21(26)17-20/h3-5,7-10,17H,6,11-16,18-19,26H2,1-2H3,(H,27,28,29). The monoisotopic (exact) mass is 430 g/mol. The summed E-state index contributed by atoms with van der Waals surface area (Å²) in [5, 5.41) is 4.66. The van der Waals surface area contributed by atoms with Crippen molar-refractivity contribution in [1.29, 1.82) is 0 Å². The van der Waals surface area contributed by atoms with Gasteiger partial charge >= 0.3 is 0 Å². The zero-order chi connectivity index (χ0) is 22.3. The number of anilines is 1. The van der Waals surface area contributed by atoms with Crippen molar-refractivity contribution in [3.63, 3.8) is 0 Å². The second-order valence-corrected chi connectivity index (χ2v) is 9.13. The number of hydrogen-bond donors (Lipinski definition) is 1. The fourth-order valence-corrected chi connectivity index (χ4v) is 4.31. The van der Waals surface area contributed by atoms with Gasteiger partial charge in [-0.2, -0.15) is 0 Å². The third-order valence-corrected chi connectivity index (χ3v) is 6.04. The molecule has 6 nitrogen and oxygen atoms in total. The quantitative estimate of drug-likeness (QED) is 0.411. The summed E-state index contributed by atoms with van der Waals surface area (Å²) in [6.07, 6.45) is 1.09. The summed E-state index contributed by atoms with van der Waals surface area (Å²) < 4.78 is 0. The molecular weight excluding hydrogens is 395 g/mol. The molecule has 168 valence electrons. The molecule has 0 spiro atoms. The largest absolute Gasteiger partial charge is 0.369 e. The summed E-state index contributed by atoms with van der Waals surface area (Å²) >= 11 is 0. The minimum atomic E-state index is 0.801. The molecule has 7 heteroatoms. The van der Waals surface area contributed by atoms with Crippen molar-refractivity contribution in [2.45, 2.75) is 19.5 Å². The Bertz CT molecular complexity index is 1020. The summed E-state index contributed by atoms with van der Waals surface area (Å²) in [7, 11) is 6.38. The van der Waals surface area contributed by atoms with E-state index in [-0.39, 0.29) is 0 Å². The molecule has 0 amide bonds. The summed E-state index contributed by atoms with van der Waals surface area (Å²) in [5.74, 6) is 1.87. The average molecular weight is 430 g/mol. The Hall–Kier alpha value is -2.48. The number of piperazine rings is 1. The number of para-hydroxylation sites is 1. The van der Waals surface area contributed by atoms with Gasteiger partial charge in [-0.25, -0.2) is 9.97 Å². The fourth-order valence-electron chi connectivity index (χ4n) is 4.31. The van der Waals surface area contributed by atoms with Gasteiger partial charge in [0.15, 0.2) is 0 Å². The maximum absolute atomic E-state index is 4.92. The average Bonchev–Trinajstić information content (AvgIpc) is 2.78. The van der Waals surface area contributed by atoms with E-state index in [1.807, 2.05) is 0 Å². The van der Waals surface area contributed by atoms with E-state index < -0.39 is 0 Å². The number of nitrogens with one attached hydrogen (secondary N) is 1. The van der Waals surface area contributed by atoms with Crippen LogP contribution in [0.5, 0.6) is 0 Å². The van der Waals surface area contributed by atoms with Crippen molar-refractivity contribution in [2.75, 3.05) is 58.7 Å². The topological polar surface area (TPSA) is 47.5 Å². The number of rotatable bonds is 9. The first-order valence-corrected chi connectivity index (χ1v) is 11.7. The smallest absolute Gasteiger partial charge is 0.145 e. The summed E-state index contributed by atoms with van der Waals surface area (Å²) in [6, 6.07) is 17.2. The van der Waals surface area contributed by atoms with E-state index in [4.69, 9.17) is 9.97 Å². The summed E-state index contributed by atoms with van der Waals surface area (Å²) in [6.45, 7) is 8.07. The molecule has 1 saturated heterocycles. The van der Waals surface area contributed by atoms with E-state index in [1.54, 1.807) is 0 Å². The van der Waals surface area contributed by atoms with Crippen LogP contribution in [-0.4, -0.2) is 85.9 Å². The highest BCUT2D eigenvalue weighted by atomic mass is 15.3. The maximum Gasteiger partial charge on any atom is 0.145 e. The minimum absolute atomic E-state index is 0.801. The molecule has 0 aliphatic carbocycles. The van der Waals surface area contributed by atoms with Crippen molar-refractivity contribution in [1.82, 2.24) is 24.7 Å². The van der Waals surface area contributed by atoms with Gasteiger partial charge in [-0.15, -0.1) is 0 Å². The van der Waals surface area contributed by atoms with Crippen LogP contribution in [0.15, 0.2) is 48.5 Å². The first kappa shape index (κ1) is 22.7. The lowest BCUT2D eigenvalue weighted by molar-refractivity contribution is 0.120. The Morgan fingerprint density at radius 1 is 0.938 bits per heavy atom. The van der Waals surface area contributed by atoms with E-state index >= 15 is 0 Å². The van der Waals surface area contributed by atoms with Crippen LogP contribution in [0.3, 0.4) is 0 Å². The zero-order valence-corrected chi connectivity index (χ0v) is 19.7. The molecule has 0 radical (unpaired) electrons. The van der Waals surface area contributed by atoms with Crippen molar-refractivity contribution >= 4 is 30.0 Å². The lowest BCUT2D eigenvalue weighted by Gasteiger charge is -2.34. The Morgan fingerprint density at radius 3 is 2.44 bits per heavy atom. The van der Waals surface area contributed by atoms with Gasteiger partial charge in [0.05, 0.1) is 12.1 Å².